The molecule has 1 saturated heterocycles. The zero-order chi connectivity index (χ0) is 13.3. The summed E-state index contributed by atoms with van der Waals surface area (Å²) in [7, 11) is 0. The van der Waals surface area contributed by atoms with E-state index in [2.05, 4.69) is 51.3 Å². The molecule has 0 unspecified atom stereocenters. The van der Waals surface area contributed by atoms with Crippen LogP contribution < -0.4 is 10.2 Å². The van der Waals surface area contributed by atoms with Gasteiger partial charge >= 0.3 is 0 Å². The van der Waals surface area contributed by atoms with Crippen molar-refractivity contribution in [2.24, 2.45) is 0 Å². The highest BCUT2D eigenvalue weighted by molar-refractivity contribution is 9.10. The van der Waals surface area contributed by atoms with Crippen LogP contribution in [0.25, 0.3) is 0 Å². The number of hydrogen-bond donors (Lipinski definition) is 1. The third-order valence-corrected chi connectivity index (χ3v) is 5.27. The lowest BCUT2D eigenvalue weighted by atomic mass is 9.97. The average Bonchev–Trinajstić information content (AvgIpc) is 2.74. The van der Waals surface area contributed by atoms with Crippen LogP contribution in [-0.2, 0) is 0 Å². The predicted molar refractivity (Wildman–Crippen MR) is 84.9 cm³/mol. The minimum absolute atomic E-state index is 0.375. The molecule has 1 aliphatic carbocycles. The predicted octanol–water partition coefficient (Wildman–Crippen LogP) is 3.87. The number of aryl methyl sites for hydroxylation is 1. The summed E-state index contributed by atoms with van der Waals surface area (Å²) in [5.41, 5.74) is 3.09. The minimum Gasteiger partial charge on any atom is -0.369 e. The average molecular weight is 323 g/mol. The van der Waals surface area contributed by atoms with Gasteiger partial charge in [0.2, 0.25) is 0 Å². The third-order valence-electron chi connectivity index (χ3n) is 4.60. The molecule has 1 saturated carbocycles. The standard InChI is InChI=1S/C16H23BrN2/c1-13-5-6-14(17)15(11-13)19-10-4-9-18-16(12-19)7-2-3-8-16/h5-6,11,18H,2-4,7-10,12H2,1H3. The molecule has 1 spiro atoms. The number of benzene rings is 1. The van der Waals surface area contributed by atoms with Gasteiger partial charge in [0.15, 0.2) is 0 Å². The van der Waals surface area contributed by atoms with Crippen LogP contribution in [0.4, 0.5) is 5.69 Å². The molecule has 3 rings (SSSR count). The van der Waals surface area contributed by atoms with E-state index in [1.165, 1.54) is 54.4 Å². The number of nitrogens with zero attached hydrogens (tertiary/aromatic N) is 1. The smallest absolute Gasteiger partial charge is 0.0513 e. The Morgan fingerprint density at radius 3 is 2.79 bits per heavy atom. The first-order valence-electron chi connectivity index (χ1n) is 7.45. The van der Waals surface area contributed by atoms with Gasteiger partial charge in [0.05, 0.1) is 5.69 Å². The summed E-state index contributed by atoms with van der Waals surface area (Å²) in [6.45, 7) is 5.67. The summed E-state index contributed by atoms with van der Waals surface area (Å²) >= 11 is 3.73. The van der Waals surface area contributed by atoms with Crippen LogP contribution in [0.1, 0.15) is 37.7 Å². The number of nitrogens with one attached hydrogen (secondary N) is 1. The van der Waals surface area contributed by atoms with Gasteiger partial charge in [-0.1, -0.05) is 18.9 Å². The largest absolute Gasteiger partial charge is 0.369 e. The lowest BCUT2D eigenvalue weighted by Crippen LogP contribution is -2.49. The van der Waals surface area contributed by atoms with Crippen LogP contribution in [0.2, 0.25) is 0 Å². The molecule has 0 amide bonds. The Kier molecular flexibility index (Phi) is 3.86. The molecule has 2 nitrogen and oxygen atoms in total. The van der Waals surface area contributed by atoms with Crippen molar-refractivity contribution in [3.8, 4) is 0 Å². The molecular formula is C16H23BrN2. The molecular weight excluding hydrogens is 300 g/mol. The summed E-state index contributed by atoms with van der Waals surface area (Å²) in [6, 6.07) is 6.68. The second kappa shape index (κ2) is 5.45. The SMILES string of the molecule is Cc1ccc(Br)c(N2CCCNC3(CCCC3)C2)c1. The number of halogens is 1. The number of anilines is 1. The Labute approximate surface area is 124 Å². The van der Waals surface area contributed by atoms with Crippen LogP contribution in [0, 0.1) is 6.92 Å². The van der Waals surface area contributed by atoms with Crippen LogP contribution in [0.15, 0.2) is 22.7 Å². The molecule has 2 fully saturated rings. The van der Waals surface area contributed by atoms with Gasteiger partial charge in [-0.25, -0.2) is 0 Å². The monoisotopic (exact) mass is 322 g/mol. The van der Waals surface area contributed by atoms with Crippen molar-refractivity contribution in [3.05, 3.63) is 28.2 Å². The van der Waals surface area contributed by atoms with Crippen LogP contribution in [0.3, 0.4) is 0 Å². The number of hydrogen-bond acceptors (Lipinski definition) is 2. The van der Waals surface area contributed by atoms with Gasteiger partial charge in [0.1, 0.15) is 0 Å². The quantitative estimate of drug-likeness (QED) is 0.844. The van der Waals surface area contributed by atoms with Crippen LogP contribution >= 0.6 is 15.9 Å². The van der Waals surface area contributed by atoms with Gasteiger partial charge < -0.3 is 10.2 Å². The minimum atomic E-state index is 0.375. The summed E-state index contributed by atoms with van der Waals surface area (Å²) in [6.07, 6.45) is 6.69. The van der Waals surface area contributed by atoms with Crippen LogP contribution in [-0.4, -0.2) is 25.2 Å². The van der Waals surface area contributed by atoms with E-state index in [9.17, 15) is 0 Å². The highest BCUT2D eigenvalue weighted by Gasteiger charge is 2.36. The lowest BCUT2D eigenvalue weighted by molar-refractivity contribution is 0.354. The van der Waals surface area contributed by atoms with E-state index in [1.54, 1.807) is 0 Å². The molecule has 1 heterocycles. The maximum absolute atomic E-state index is 3.83. The highest BCUT2D eigenvalue weighted by Crippen LogP contribution is 2.35. The first kappa shape index (κ1) is 13.4. The molecule has 0 atom stereocenters. The molecule has 3 heteroatoms. The molecule has 1 aromatic carbocycles. The Bertz CT molecular complexity index is 452. The summed E-state index contributed by atoms with van der Waals surface area (Å²) in [5, 5.41) is 3.83. The Morgan fingerprint density at radius 1 is 1.21 bits per heavy atom. The fraction of sp³-hybridized carbons (Fsp3) is 0.625. The van der Waals surface area contributed by atoms with Crippen molar-refractivity contribution in [1.29, 1.82) is 0 Å². The van der Waals surface area contributed by atoms with E-state index in [4.69, 9.17) is 0 Å². The van der Waals surface area contributed by atoms with Gasteiger partial charge in [0.25, 0.3) is 0 Å². The first-order chi connectivity index (χ1) is 9.19. The first-order valence-corrected chi connectivity index (χ1v) is 8.24. The number of rotatable bonds is 1. The molecule has 104 valence electrons. The van der Waals surface area contributed by atoms with E-state index in [0.717, 1.165) is 13.1 Å². The Morgan fingerprint density at radius 2 is 2.00 bits per heavy atom. The maximum Gasteiger partial charge on any atom is 0.0513 e. The summed E-state index contributed by atoms with van der Waals surface area (Å²) in [4.78, 5) is 2.59. The molecule has 0 bridgehead atoms. The fourth-order valence-corrected chi connectivity index (χ4v) is 4.08. The third kappa shape index (κ3) is 2.82. The molecule has 2 aliphatic rings. The molecule has 0 radical (unpaired) electrons. The topological polar surface area (TPSA) is 15.3 Å². The van der Waals surface area contributed by atoms with E-state index >= 15 is 0 Å². The summed E-state index contributed by atoms with van der Waals surface area (Å²) < 4.78 is 1.23. The molecule has 1 aromatic rings. The highest BCUT2D eigenvalue weighted by atomic mass is 79.9. The zero-order valence-electron chi connectivity index (χ0n) is 11.7. The molecule has 0 aromatic heterocycles. The van der Waals surface area contributed by atoms with Crippen molar-refractivity contribution in [2.45, 2.75) is 44.6 Å². The van der Waals surface area contributed by atoms with Crippen LogP contribution in [0.5, 0.6) is 0 Å². The van der Waals surface area contributed by atoms with Gasteiger partial charge in [0, 0.05) is 23.1 Å². The van der Waals surface area contributed by atoms with E-state index in [0.29, 0.717) is 5.54 Å². The van der Waals surface area contributed by atoms with Crippen molar-refractivity contribution in [1.82, 2.24) is 5.32 Å². The Balaban J connectivity index is 1.88. The second-order valence-electron chi connectivity index (χ2n) is 6.14. The van der Waals surface area contributed by atoms with Crippen molar-refractivity contribution < 1.29 is 0 Å². The van der Waals surface area contributed by atoms with Gasteiger partial charge in [-0.15, -0.1) is 0 Å². The molecule has 1 N–H and O–H groups in total. The second-order valence-corrected chi connectivity index (χ2v) is 7.00. The summed E-state index contributed by atoms with van der Waals surface area (Å²) in [5.74, 6) is 0. The van der Waals surface area contributed by atoms with Gasteiger partial charge in [-0.3, -0.25) is 0 Å². The molecule has 1 aliphatic heterocycles. The maximum atomic E-state index is 3.83. The lowest BCUT2D eigenvalue weighted by Gasteiger charge is -2.35. The van der Waals surface area contributed by atoms with Gasteiger partial charge in [-0.2, -0.15) is 0 Å². The van der Waals surface area contributed by atoms with Crippen molar-refractivity contribution in [3.63, 3.8) is 0 Å². The normalized spacial score (nSPS) is 22.7. The zero-order valence-corrected chi connectivity index (χ0v) is 13.3. The van der Waals surface area contributed by atoms with Crippen molar-refractivity contribution in [2.75, 3.05) is 24.5 Å². The molecule has 19 heavy (non-hydrogen) atoms. The van der Waals surface area contributed by atoms with E-state index in [1.807, 2.05) is 0 Å². The van der Waals surface area contributed by atoms with Gasteiger partial charge in [-0.05, 0) is 66.4 Å². The fourth-order valence-electron chi connectivity index (χ4n) is 3.58. The van der Waals surface area contributed by atoms with E-state index < -0.39 is 0 Å². The van der Waals surface area contributed by atoms with E-state index in [-0.39, 0.29) is 0 Å². The Hall–Kier alpha value is -0.540. The van der Waals surface area contributed by atoms with Crippen molar-refractivity contribution >= 4 is 21.6 Å².